The molecule has 0 aliphatic carbocycles. The fourth-order valence-corrected chi connectivity index (χ4v) is 4.71. The summed E-state index contributed by atoms with van der Waals surface area (Å²) in [7, 11) is 0. The number of hydrogen-bond acceptors (Lipinski definition) is 3. The standard InChI is InChI=1S/C21H31N3O/c25-21(24-14-13-23-12-6-9-20(23)17-24)19-8-5-7-18(15-19)16-22-10-3-1-2-4-11-22/h5,7-8,15,20H,1-4,6,9-14,16-17H2. The van der Waals surface area contributed by atoms with Crippen molar-refractivity contribution in [3.8, 4) is 0 Å². The smallest absolute Gasteiger partial charge is 0.253 e. The quantitative estimate of drug-likeness (QED) is 0.846. The Kier molecular flexibility index (Phi) is 5.37. The van der Waals surface area contributed by atoms with Crippen LogP contribution in [-0.4, -0.2) is 65.9 Å². The van der Waals surface area contributed by atoms with Gasteiger partial charge in [0.2, 0.25) is 0 Å². The number of benzene rings is 1. The topological polar surface area (TPSA) is 26.8 Å². The number of amides is 1. The van der Waals surface area contributed by atoms with Gasteiger partial charge in [0.15, 0.2) is 0 Å². The molecular weight excluding hydrogens is 310 g/mol. The minimum absolute atomic E-state index is 0.226. The second-order valence-corrected chi connectivity index (χ2v) is 7.97. The van der Waals surface area contributed by atoms with Crippen LogP contribution in [0, 0.1) is 0 Å². The van der Waals surface area contributed by atoms with E-state index in [0.29, 0.717) is 6.04 Å². The van der Waals surface area contributed by atoms with Gasteiger partial charge < -0.3 is 4.90 Å². The van der Waals surface area contributed by atoms with E-state index in [1.165, 1.54) is 63.7 Å². The van der Waals surface area contributed by atoms with Gasteiger partial charge in [0.25, 0.3) is 5.91 Å². The Balaban J connectivity index is 1.40. The number of nitrogens with zero attached hydrogens (tertiary/aromatic N) is 3. The molecule has 0 aromatic heterocycles. The average Bonchev–Trinajstić information content (AvgIpc) is 2.97. The first-order valence-corrected chi connectivity index (χ1v) is 10.1. The highest BCUT2D eigenvalue weighted by Gasteiger charge is 2.32. The van der Waals surface area contributed by atoms with E-state index in [-0.39, 0.29) is 5.91 Å². The van der Waals surface area contributed by atoms with Crippen molar-refractivity contribution in [2.75, 3.05) is 39.3 Å². The van der Waals surface area contributed by atoms with Crippen LogP contribution in [0.2, 0.25) is 0 Å². The fourth-order valence-electron chi connectivity index (χ4n) is 4.71. The molecule has 1 aromatic carbocycles. The van der Waals surface area contributed by atoms with Crippen LogP contribution in [0.4, 0.5) is 0 Å². The predicted octanol–water partition coefficient (Wildman–Crippen LogP) is 2.98. The highest BCUT2D eigenvalue weighted by Crippen LogP contribution is 2.23. The van der Waals surface area contributed by atoms with E-state index in [9.17, 15) is 4.79 Å². The average molecular weight is 341 g/mol. The number of likely N-dealkylation sites (tertiary alicyclic amines) is 1. The molecule has 3 saturated heterocycles. The Morgan fingerprint density at radius 2 is 1.80 bits per heavy atom. The van der Waals surface area contributed by atoms with E-state index >= 15 is 0 Å². The van der Waals surface area contributed by atoms with Crippen LogP contribution in [-0.2, 0) is 6.54 Å². The van der Waals surface area contributed by atoms with Crippen molar-refractivity contribution < 1.29 is 4.79 Å². The molecule has 136 valence electrons. The monoisotopic (exact) mass is 341 g/mol. The first kappa shape index (κ1) is 17.0. The molecule has 0 N–H and O–H groups in total. The number of carbonyl (C=O) groups is 1. The molecule has 3 fully saturated rings. The van der Waals surface area contributed by atoms with Crippen molar-refractivity contribution >= 4 is 5.91 Å². The van der Waals surface area contributed by atoms with Gasteiger partial charge in [0.1, 0.15) is 0 Å². The molecule has 25 heavy (non-hydrogen) atoms. The van der Waals surface area contributed by atoms with E-state index in [4.69, 9.17) is 0 Å². The lowest BCUT2D eigenvalue weighted by Crippen LogP contribution is -2.52. The van der Waals surface area contributed by atoms with Crippen molar-refractivity contribution in [3.05, 3.63) is 35.4 Å². The highest BCUT2D eigenvalue weighted by molar-refractivity contribution is 5.94. The van der Waals surface area contributed by atoms with Crippen LogP contribution >= 0.6 is 0 Å². The molecule has 3 aliphatic rings. The first-order valence-electron chi connectivity index (χ1n) is 10.1. The normalized spacial score (nSPS) is 25.6. The van der Waals surface area contributed by atoms with Crippen molar-refractivity contribution in [1.29, 1.82) is 0 Å². The Bertz CT molecular complexity index is 595. The van der Waals surface area contributed by atoms with Crippen molar-refractivity contribution in [1.82, 2.24) is 14.7 Å². The van der Waals surface area contributed by atoms with Crippen molar-refractivity contribution in [3.63, 3.8) is 0 Å². The molecular formula is C21H31N3O. The van der Waals surface area contributed by atoms with Crippen LogP contribution in [0.15, 0.2) is 24.3 Å². The molecule has 1 aromatic rings. The van der Waals surface area contributed by atoms with Gasteiger partial charge in [-0.3, -0.25) is 14.6 Å². The lowest BCUT2D eigenvalue weighted by Gasteiger charge is -2.37. The minimum Gasteiger partial charge on any atom is -0.336 e. The first-order chi connectivity index (χ1) is 12.3. The third-order valence-electron chi connectivity index (χ3n) is 6.15. The molecule has 4 heteroatoms. The van der Waals surface area contributed by atoms with Gasteiger partial charge in [-0.1, -0.05) is 25.0 Å². The van der Waals surface area contributed by atoms with Crippen LogP contribution in [0.25, 0.3) is 0 Å². The maximum absolute atomic E-state index is 13.0. The zero-order chi connectivity index (χ0) is 17.1. The molecule has 0 radical (unpaired) electrons. The number of fused-ring (bicyclic) bond motifs is 1. The summed E-state index contributed by atoms with van der Waals surface area (Å²) in [6.45, 7) is 7.43. The summed E-state index contributed by atoms with van der Waals surface area (Å²) in [6.07, 6.45) is 7.88. The minimum atomic E-state index is 0.226. The lowest BCUT2D eigenvalue weighted by atomic mass is 10.1. The molecule has 3 heterocycles. The van der Waals surface area contributed by atoms with Crippen molar-refractivity contribution in [2.45, 2.75) is 51.1 Å². The summed E-state index contributed by atoms with van der Waals surface area (Å²) in [4.78, 5) is 20.2. The second-order valence-electron chi connectivity index (χ2n) is 7.97. The van der Waals surface area contributed by atoms with Gasteiger partial charge in [-0.2, -0.15) is 0 Å². The molecule has 0 spiro atoms. The number of rotatable bonds is 3. The molecule has 0 bridgehead atoms. The Hall–Kier alpha value is -1.39. The lowest BCUT2D eigenvalue weighted by molar-refractivity contribution is 0.0571. The van der Waals surface area contributed by atoms with Crippen LogP contribution in [0.3, 0.4) is 0 Å². The summed E-state index contributed by atoms with van der Waals surface area (Å²) < 4.78 is 0. The molecule has 1 amide bonds. The van der Waals surface area contributed by atoms with E-state index in [2.05, 4.69) is 32.9 Å². The maximum atomic E-state index is 13.0. The summed E-state index contributed by atoms with van der Waals surface area (Å²) in [6, 6.07) is 8.96. The summed E-state index contributed by atoms with van der Waals surface area (Å²) in [5.74, 6) is 0.226. The highest BCUT2D eigenvalue weighted by atomic mass is 16.2. The maximum Gasteiger partial charge on any atom is 0.253 e. The van der Waals surface area contributed by atoms with Crippen LogP contribution < -0.4 is 0 Å². The van der Waals surface area contributed by atoms with Crippen LogP contribution in [0.5, 0.6) is 0 Å². The van der Waals surface area contributed by atoms with Gasteiger partial charge in [-0.15, -0.1) is 0 Å². The molecule has 4 nitrogen and oxygen atoms in total. The number of carbonyl (C=O) groups excluding carboxylic acids is 1. The van der Waals surface area contributed by atoms with Gasteiger partial charge in [0.05, 0.1) is 0 Å². The van der Waals surface area contributed by atoms with E-state index < -0.39 is 0 Å². The SMILES string of the molecule is O=C(c1cccc(CN2CCCCCC2)c1)N1CCN2CCCC2C1. The summed E-state index contributed by atoms with van der Waals surface area (Å²) in [5, 5.41) is 0. The Morgan fingerprint density at radius 3 is 2.64 bits per heavy atom. The molecule has 0 saturated carbocycles. The second kappa shape index (κ2) is 7.88. The Labute approximate surface area is 151 Å². The third kappa shape index (κ3) is 4.06. The number of hydrogen-bond donors (Lipinski definition) is 0. The van der Waals surface area contributed by atoms with E-state index in [0.717, 1.165) is 31.7 Å². The summed E-state index contributed by atoms with van der Waals surface area (Å²) in [5.41, 5.74) is 2.16. The van der Waals surface area contributed by atoms with E-state index in [1.54, 1.807) is 0 Å². The van der Waals surface area contributed by atoms with E-state index in [1.807, 2.05) is 6.07 Å². The third-order valence-corrected chi connectivity index (χ3v) is 6.15. The van der Waals surface area contributed by atoms with Gasteiger partial charge in [-0.05, 0) is 63.0 Å². The van der Waals surface area contributed by atoms with Gasteiger partial charge in [0, 0.05) is 37.8 Å². The number of piperazine rings is 1. The predicted molar refractivity (Wildman–Crippen MR) is 101 cm³/mol. The molecule has 3 aliphatic heterocycles. The molecule has 4 rings (SSSR count). The van der Waals surface area contributed by atoms with Crippen LogP contribution in [0.1, 0.15) is 54.4 Å². The van der Waals surface area contributed by atoms with Crippen molar-refractivity contribution in [2.24, 2.45) is 0 Å². The zero-order valence-electron chi connectivity index (χ0n) is 15.3. The summed E-state index contributed by atoms with van der Waals surface area (Å²) >= 11 is 0. The van der Waals surface area contributed by atoms with Gasteiger partial charge in [-0.25, -0.2) is 0 Å². The largest absolute Gasteiger partial charge is 0.336 e. The fraction of sp³-hybridized carbons (Fsp3) is 0.667. The molecule has 1 atom stereocenters. The Morgan fingerprint density at radius 1 is 0.960 bits per heavy atom. The molecule has 1 unspecified atom stereocenters. The zero-order valence-corrected chi connectivity index (χ0v) is 15.3. The van der Waals surface area contributed by atoms with Gasteiger partial charge >= 0.3 is 0 Å².